The summed E-state index contributed by atoms with van der Waals surface area (Å²) in [7, 11) is 1.52. The minimum atomic E-state index is -0.335. The molecule has 7 heteroatoms. The van der Waals surface area contributed by atoms with E-state index in [4.69, 9.17) is 21.1 Å². The fraction of sp³-hybridized carbons (Fsp3) is 0.217. The lowest BCUT2D eigenvalue weighted by Crippen LogP contribution is -2.17. The molecule has 3 aromatic rings. The topological polar surface area (TPSA) is 30.5 Å². The summed E-state index contributed by atoms with van der Waals surface area (Å²) in [6.45, 7) is 1.20. The van der Waals surface area contributed by atoms with Crippen molar-refractivity contribution in [2.75, 3.05) is 13.7 Å². The van der Waals surface area contributed by atoms with Crippen molar-refractivity contribution in [1.82, 2.24) is 5.32 Å². The van der Waals surface area contributed by atoms with Crippen molar-refractivity contribution < 1.29 is 18.3 Å². The van der Waals surface area contributed by atoms with Crippen LogP contribution >= 0.6 is 24.0 Å². The van der Waals surface area contributed by atoms with E-state index in [2.05, 4.69) is 5.32 Å². The maximum atomic E-state index is 13.8. The predicted molar refractivity (Wildman–Crippen MR) is 118 cm³/mol. The average molecular weight is 454 g/mol. The Hall–Kier alpha value is -2.34. The van der Waals surface area contributed by atoms with Gasteiger partial charge in [-0.2, -0.15) is 0 Å². The highest BCUT2D eigenvalue weighted by molar-refractivity contribution is 6.32. The zero-order valence-electron chi connectivity index (χ0n) is 16.5. The summed E-state index contributed by atoms with van der Waals surface area (Å²) in [4.78, 5) is 0. The van der Waals surface area contributed by atoms with Crippen molar-refractivity contribution in [2.45, 2.75) is 19.6 Å². The van der Waals surface area contributed by atoms with Crippen LogP contribution in [0, 0.1) is 11.6 Å². The van der Waals surface area contributed by atoms with Crippen LogP contribution in [0.4, 0.5) is 8.78 Å². The Labute approximate surface area is 186 Å². The number of hydrogen-bond acceptors (Lipinski definition) is 3. The Morgan fingerprint density at radius 2 is 1.57 bits per heavy atom. The van der Waals surface area contributed by atoms with E-state index in [1.807, 2.05) is 12.1 Å². The Kier molecular flexibility index (Phi) is 9.37. The van der Waals surface area contributed by atoms with Gasteiger partial charge >= 0.3 is 0 Å². The minimum absolute atomic E-state index is 0. The summed E-state index contributed by atoms with van der Waals surface area (Å²) in [5.74, 6) is 0.306. The van der Waals surface area contributed by atoms with Crippen molar-refractivity contribution >= 4 is 24.0 Å². The van der Waals surface area contributed by atoms with Gasteiger partial charge in [0.05, 0.1) is 12.1 Å². The first-order chi connectivity index (χ1) is 14.1. The quantitative estimate of drug-likeness (QED) is 0.405. The lowest BCUT2D eigenvalue weighted by molar-refractivity contribution is 0.279. The van der Waals surface area contributed by atoms with Crippen LogP contribution in [0.15, 0.2) is 60.7 Å². The second-order valence-corrected chi connectivity index (χ2v) is 6.91. The molecule has 0 atom stereocenters. The van der Waals surface area contributed by atoms with E-state index in [1.54, 1.807) is 36.4 Å². The molecule has 0 aliphatic heterocycles. The van der Waals surface area contributed by atoms with Crippen LogP contribution in [0.1, 0.15) is 16.7 Å². The van der Waals surface area contributed by atoms with E-state index in [-0.39, 0.29) is 30.6 Å². The molecule has 0 radical (unpaired) electrons. The number of methoxy groups -OCH3 is 1. The first-order valence-electron chi connectivity index (χ1n) is 9.25. The van der Waals surface area contributed by atoms with Crippen molar-refractivity contribution in [2.24, 2.45) is 0 Å². The van der Waals surface area contributed by atoms with E-state index >= 15 is 0 Å². The molecule has 0 aliphatic rings. The van der Waals surface area contributed by atoms with E-state index in [0.29, 0.717) is 47.2 Å². The fourth-order valence-corrected chi connectivity index (χ4v) is 3.23. The molecule has 0 spiro atoms. The van der Waals surface area contributed by atoms with Gasteiger partial charge in [-0.25, -0.2) is 8.78 Å². The fourth-order valence-electron chi connectivity index (χ4n) is 2.94. The molecule has 0 amide bonds. The molecule has 0 aromatic heterocycles. The van der Waals surface area contributed by atoms with E-state index in [0.717, 1.165) is 5.56 Å². The molecule has 0 saturated heterocycles. The highest BCUT2D eigenvalue weighted by Gasteiger charge is 2.13. The average Bonchev–Trinajstić information content (AvgIpc) is 2.72. The van der Waals surface area contributed by atoms with Crippen LogP contribution in [-0.4, -0.2) is 13.7 Å². The number of benzene rings is 3. The Morgan fingerprint density at radius 1 is 0.933 bits per heavy atom. The monoisotopic (exact) mass is 453 g/mol. The van der Waals surface area contributed by atoms with E-state index in [9.17, 15) is 8.78 Å². The van der Waals surface area contributed by atoms with Crippen LogP contribution in [0.3, 0.4) is 0 Å². The SMILES string of the molecule is COc1cc(CNCCc2ccccc2F)cc(Cl)c1OCc1ccccc1F.Cl. The summed E-state index contributed by atoms with van der Waals surface area (Å²) in [6, 6.07) is 16.7. The van der Waals surface area contributed by atoms with Gasteiger partial charge in [-0.3, -0.25) is 0 Å². The van der Waals surface area contributed by atoms with Crippen molar-refractivity contribution in [3.8, 4) is 11.5 Å². The highest BCUT2D eigenvalue weighted by atomic mass is 35.5. The van der Waals surface area contributed by atoms with E-state index < -0.39 is 0 Å². The molecule has 3 aromatic carbocycles. The second-order valence-electron chi connectivity index (χ2n) is 6.51. The summed E-state index contributed by atoms with van der Waals surface area (Å²) < 4.78 is 38.6. The van der Waals surface area contributed by atoms with Crippen LogP contribution < -0.4 is 14.8 Å². The Bertz CT molecular complexity index is 970. The van der Waals surface area contributed by atoms with Gasteiger partial charge in [0.25, 0.3) is 0 Å². The summed E-state index contributed by atoms with van der Waals surface area (Å²) >= 11 is 6.37. The third kappa shape index (κ3) is 6.33. The highest BCUT2D eigenvalue weighted by Crippen LogP contribution is 2.37. The molecule has 0 saturated carbocycles. The third-order valence-electron chi connectivity index (χ3n) is 4.48. The Morgan fingerprint density at radius 3 is 2.20 bits per heavy atom. The van der Waals surface area contributed by atoms with Gasteiger partial charge in [0.1, 0.15) is 18.2 Å². The molecule has 160 valence electrons. The summed E-state index contributed by atoms with van der Waals surface area (Å²) in [5.41, 5.74) is 2.01. The molecule has 0 bridgehead atoms. The van der Waals surface area contributed by atoms with Gasteiger partial charge in [0, 0.05) is 12.1 Å². The zero-order valence-corrected chi connectivity index (χ0v) is 18.0. The van der Waals surface area contributed by atoms with Crippen LogP contribution in [0.5, 0.6) is 11.5 Å². The first kappa shape index (κ1) is 23.9. The second kappa shape index (κ2) is 11.7. The smallest absolute Gasteiger partial charge is 0.180 e. The maximum Gasteiger partial charge on any atom is 0.180 e. The van der Waals surface area contributed by atoms with Gasteiger partial charge in [0.15, 0.2) is 11.5 Å². The molecule has 1 N–H and O–H groups in total. The Balaban J connectivity index is 0.00000320. The van der Waals surface area contributed by atoms with Crippen molar-refractivity contribution in [3.63, 3.8) is 0 Å². The van der Waals surface area contributed by atoms with Crippen molar-refractivity contribution in [3.05, 3.63) is 94.0 Å². The number of rotatable bonds is 9. The van der Waals surface area contributed by atoms with Gasteiger partial charge in [-0.05, 0) is 48.4 Å². The lowest BCUT2D eigenvalue weighted by Gasteiger charge is -2.15. The molecule has 3 rings (SSSR count). The zero-order chi connectivity index (χ0) is 20.6. The van der Waals surface area contributed by atoms with Crippen LogP contribution in [-0.2, 0) is 19.6 Å². The third-order valence-corrected chi connectivity index (χ3v) is 4.76. The molecular formula is C23H23Cl2F2NO2. The predicted octanol–water partition coefficient (Wildman–Crippen LogP) is 5.96. The lowest BCUT2D eigenvalue weighted by atomic mass is 10.1. The molecule has 0 aliphatic carbocycles. The number of nitrogens with one attached hydrogen (secondary N) is 1. The van der Waals surface area contributed by atoms with E-state index in [1.165, 1.54) is 19.2 Å². The first-order valence-corrected chi connectivity index (χ1v) is 9.63. The van der Waals surface area contributed by atoms with Crippen LogP contribution in [0.2, 0.25) is 5.02 Å². The molecule has 0 fully saturated rings. The number of ether oxygens (including phenoxy) is 2. The molecule has 0 unspecified atom stereocenters. The number of hydrogen-bond donors (Lipinski definition) is 1. The summed E-state index contributed by atoms with van der Waals surface area (Å²) in [5, 5.41) is 3.65. The van der Waals surface area contributed by atoms with Gasteiger partial charge in [-0.1, -0.05) is 48.0 Å². The van der Waals surface area contributed by atoms with Gasteiger partial charge in [0.2, 0.25) is 0 Å². The maximum absolute atomic E-state index is 13.8. The van der Waals surface area contributed by atoms with Gasteiger partial charge < -0.3 is 14.8 Å². The normalized spacial score (nSPS) is 10.4. The van der Waals surface area contributed by atoms with Crippen LogP contribution in [0.25, 0.3) is 0 Å². The van der Waals surface area contributed by atoms with Gasteiger partial charge in [-0.15, -0.1) is 12.4 Å². The number of halogens is 4. The molecule has 30 heavy (non-hydrogen) atoms. The largest absolute Gasteiger partial charge is 0.493 e. The molecular weight excluding hydrogens is 431 g/mol. The molecule has 0 heterocycles. The standard InChI is InChI=1S/C23H22ClF2NO2.ClH/c1-28-22-13-16(14-27-11-10-17-6-2-4-8-20(17)25)12-19(24)23(22)29-15-18-7-3-5-9-21(18)26;/h2-9,12-13,27H,10-11,14-15H2,1H3;1H. The van der Waals surface area contributed by atoms with Crippen molar-refractivity contribution in [1.29, 1.82) is 0 Å². The minimum Gasteiger partial charge on any atom is -0.493 e. The summed E-state index contributed by atoms with van der Waals surface area (Å²) in [6.07, 6.45) is 0.585. The molecule has 3 nitrogen and oxygen atoms in total.